The van der Waals surface area contributed by atoms with E-state index < -0.39 is 11.6 Å². The van der Waals surface area contributed by atoms with Gasteiger partial charge >= 0.3 is 0 Å². The Labute approximate surface area is 155 Å². The number of benzene rings is 2. The van der Waals surface area contributed by atoms with Gasteiger partial charge in [0.15, 0.2) is 11.6 Å². The summed E-state index contributed by atoms with van der Waals surface area (Å²) in [6.07, 6.45) is 2.01. The molecule has 1 heterocycles. The molecule has 0 aliphatic heterocycles. The molecule has 138 valence electrons. The zero-order chi connectivity index (χ0) is 19.0. The van der Waals surface area contributed by atoms with Crippen molar-refractivity contribution < 1.29 is 13.6 Å². The van der Waals surface area contributed by atoms with Crippen LogP contribution in [0.1, 0.15) is 41.7 Å². The number of nitrogens with zero attached hydrogens (tertiary/aromatic N) is 1. The zero-order valence-corrected chi connectivity index (χ0v) is 14.8. The first kappa shape index (κ1) is 17.4. The van der Waals surface area contributed by atoms with Crippen molar-refractivity contribution in [1.82, 2.24) is 10.3 Å². The molecule has 6 heteroatoms. The summed E-state index contributed by atoms with van der Waals surface area (Å²) in [6.45, 7) is 1.83. The molecular weight excluding hydrogens is 348 g/mol. The molecule has 1 aliphatic carbocycles. The van der Waals surface area contributed by atoms with Crippen molar-refractivity contribution in [3.05, 3.63) is 71.3 Å². The average Bonchev–Trinajstić information content (AvgIpc) is 3.47. The fraction of sp³-hybridized carbons (Fsp3) is 0.238. The Morgan fingerprint density at radius 3 is 2.63 bits per heavy atom. The molecule has 1 fully saturated rings. The number of anilines is 1. The smallest absolute Gasteiger partial charge is 0.252 e. The first-order chi connectivity index (χ1) is 13.0. The number of rotatable bonds is 5. The van der Waals surface area contributed by atoms with E-state index in [-0.39, 0.29) is 18.0 Å². The minimum atomic E-state index is -0.892. The summed E-state index contributed by atoms with van der Waals surface area (Å²) in [5.74, 6) is -1.39. The quantitative estimate of drug-likeness (QED) is 0.694. The lowest BCUT2D eigenvalue weighted by molar-refractivity contribution is 0.0952. The summed E-state index contributed by atoms with van der Waals surface area (Å²) in [7, 11) is 0. The number of aromatic nitrogens is 1. The van der Waals surface area contributed by atoms with Gasteiger partial charge in [-0.05, 0) is 49.6 Å². The number of pyridine rings is 1. The number of carbonyl (C=O) groups excluding carboxylic acids is 1. The second-order valence-corrected chi connectivity index (χ2v) is 6.86. The summed E-state index contributed by atoms with van der Waals surface area (Å²) < 4.78 is 26.7. The van der Waals surface area contributed by atoms with E-state index in [2.05, 4.69) is 15.6 Å². The van der Waals surface area contributed by atoms with E-state index in [0.29, 0.717) is 22.5 Å². The van der Waals surface area contributed by atoms with Crippen LogP contribution in [0.25, 0.3) is 10.9 Å². The molecule has 1 amide bonds. The molecule has 0 spiro atoms. The van der Waals surface area contributed by atoms with E-state index in [0.717, 1.165) is 30.4 Å². The molecule has 1 atom stereocenters. The first-order valence-corrected chi connectivity index (χ1v) is 8.93. The van der Waals surface area contributed by atoms with E-state index in [1.54, 1.807) is 6.07 Å². The molecular formula is C21H19F2N3O. The van der Waals surface area contributed by atoms with Crippen LogP contribution >= 0.6 is 0 Å². The van der Waals surface area contributed by atoms with Crippen LogP contribution in [0.3, 0.4) is 0 Å². The van der Waals surface area contributed by atoms with Crippen molar-refractivity contribution in [2.45, 2.75) is 31.8 Å². The van der Waals surface area contributed by atoms with Gasteiger partial charge in [-0.3, -0.25) is 4.79 Å². The Morgan fingerprint density at radius 2 is 1.89 bits per heavy atom. The fourth-order valence-corrected chi connectivity index (χ4v) is 3.01. The number of fused-ring (bicyclic) bond motifs is 1. The molecule has 0 bridgehead atoms. The largest absolute Gasteiger partial charge is 0.364 e. The number of nitrogens with one attached hydrogen (secondary N) is 2. The number of hydrogen-bond acceptors (Lipinski definition) is 3. The van der Waals surface area contributed by atoms with Gasteiger partial charge in [-0.1, -0.05) is 24.3 Å². The minimum absolute atomic E-state index is 0.125. The highest BCUT2D eigenvalue weighted by molar-refractivity contribution is 6.07. The molecule has 2 N–H and O–H groups in total. The monoisotopic (exact) mass is 367 g/mol. The minimum Gasteiger partial charge on any atom is -0.364 e. The Kier molecular flexibility index (Phi) is 4.48. The number of hydrogen-bond donors (Lipinski definition) is 2. The van der Waals surface area contributed by atoms with Crippen LogP contribution in [-0.4, -0.2) is 16.9 Å². The Bertz CT molecular complexity index is 1020. The fourth-order valence-electron chi connectivity index (χ4n) is 3.01. The lowest BCUT2D eigenvalue weighted by Gasteiger charge is -2.17. The predicted octanol–water partition coefficient (Wildman–Crippen LogP) is 4.58. The molecule has 0 radical (unpaired) electrons. The van der Waals surface area contributed by atoms with Crippen molar-refractivity contribution in [1.29, 1.82) is 0 Å². The molecule has 4 nitrogen and oxygen atoms in total. The van der Waals surface area contributed by atoms with Crippen LogP contribution in [0.4, 0.5) is 14.6 Å². The number of carbonyl (C=O) groups is 1. The van der Waals surface area contributed by atoms with Gasteiger partial charge in [-0.25, -0.2) is 13.8 Å². The van der Waals surface area contributed by atoms with E-state index in [4.69, 9.17) is 0 Å². The highest BCUT2D eigenvalue weighted by atomic mass is 19.2. The molecule has 2 aromatic carbocycles. The number of para-hydroxylation sites is 1. The summed E-state index contributed by atoms with van der Waals surface area (Å²) >= 11 is 0. The lowest BCUT2D eigenvalue weighted by atomic mass is 10.1. The van der Waals surface area contributed by atoms with Crippen LogP contribution in [0.2, 0.25) is 0 Å². The van der Waals surface area contributed by atoms with Crippen molar-refractivity contribution >= 4 is 22.6 Å². The van der Waals surface area contributed by atoms with E-state index in [1.807, 2.05) is 31.2 Å². The zero-order valence-electron chi connectivity index (χ0n) is 14.8. The van der Waals surface area contributed by atoms with Crippen LogP contribution in [0.5, 0.6) is 0 Å². The van der Waals surface area contributed by atoms with Gasteiger partial charge in [0.1, 0.15) is 5.82 Å². The van der Waals surface area contributed by atoms with Crippen molar-refractivity contribution in [3.63, 3.8) is 0 Å². The van der Waals surface area contributed by atoms with Gasteiger partial charge in [-0.15, -0.1) is 0 Å². The van der Waals surface area contributed by atoms with Gasteiger partial charge in [0.2, 0.25) is 0 Å². The van der Waals surface area contributed by atoms with Gasteiger partial charge in [0, 0.05) is 11.4 Å². The molecule has 1 aromatic heterocycles. The second kappa shape index (κ2) is 6.95. The first-order valence-electron chi connectivity index (χ1n) is 8.93. The third-order valence-electron chi connectivity index (χ3n) is 4.68. The van der Waals surface area contributed by atoms with Crippen molar-refractivity contribution in [2.75, 3.05) is 5.32 Å². The molecule has 27 heavy (non-hydrogen) atoms. The highest BCUT2D eigenvalue weighted by Gasteiger charge is 2.25. The maximum Gasteiger partial charge on any atom is 0.252 e. The molecule has 1 saturated carbocycles. The van der Waals surface area contributed by atoms with Crippen LogP contribution in [-0.2, 0) is 0 Å². The number of amides is 1. The third kappa shape index (κ3) is 3.74. The average molecular weight is 367 g/mol. The topological polar surface area (TPSA) is 54.0 Å². The van der Waals surface area contributed by atoms with Crippen LogP contribution in [0, 0.1) is 11.6 Å². The standard InChI is InChI=1S/C21H19F2N3O/c1-12(13-6-9-17(22)18(23)10-13)24-20-11-16(21(27)25-14-7-8-14)15-4-2-3-5-19(15)26-20/h2-6,9-12,14H,7-8H2,1H3,(H,24,26)(H,25,27). The van der Waals surface area contributed by atoms with Gasteiger partial charge in [-0.2, -0.15) is 0 Å². The summed E-state index contributed by atoms with van der Waals surface area (Å²) in [5, 5.41) is 6.96. The lowest BCUT2D eigenvalue weighted by Crippen LogP contribution is -2.26. The Hall–Kier alpha value is -3.02. The van der Waals surface area contributed by atoms with Crippen molar-refractivity contribution in [3.8, 4) is 0 Å². The predicted molar refractivity (Wildman–Crippen MR) is 101 cm³/mol. The molecule has 3 aromatic rings. The normalized spacial score (nSPS) is 14.8. The van der Waals surface area contributed by atoms with Crippen molar-refractivity contribution in [2.24, 2.45) is 0 Å². The van der Waals surface area contributed by atoms with E-state index >= 15 is 0 Å². The Morgan fingerprint density at radius 1 is 1.11 bits per heavy atom. The van der Waals surface area contributed by atoms with E-state index in [9.17, 15) is 13.6 Å². The van der Waals surface area contributed by atoms with Gasteiger partial charge in [0.05, 0.1) is 17.1 Å². The summed E-state index contributed by atoms with van der Waals surface area (Å²) in [6, 6.07) is 12.9. The van der Waals surface area contributed by atoms with E-state index in [1.165, 1.54) is 6.07 Å². The second-order valence-electron chi connectivity index (χ2n) is 6.86. The highest BCUT2D eigenvalue weighted by Crippen LogP contribution is 2.26. The SMILES string of the molecule is CC(Nc1cc(C(=O)NC2CC2)c2ccccc2n1)c1ccc(F)c(F)c1. The van der Waals surface area contributed by atoms with Crippen LogP contribution in [0.15, 0.2) is 48.5 Å². The third-order valence-corrected chi connectivity index (χ3v) is 4.68. The molecule has 0 saturated heterocycles. The molecule has 1 aliphatic rings. The maximum atomic E-state index is 13.5. The number of halogens is 2. The summed E-state index contributed by atoms with van der Waals surface area (Å²) in [4.78, 5) is 17.2. The van der Waals surface area contributed by atoms with Crippen LogP contribution < -0.4 is 10.6 Å². The molecule has 1 unspecified atom stereocenters. The van der Waals surface area contributed by atoms with Gasteiger partial charge in [0.25, 0.3) is 5.91 Å². The van der Waals surface area contributed by atoms with Gasteiger partial charge < -0.3 is 10.6 Å². The Balaban J connectivity index is 1.66. The maximum absolute atomic E-state index is 13.5. The summed E-state index contributed by atoms with van der Waals surface area (Å²) in [5.41, 5.74) is 1.83. The molecule has 4 rings (SSSR count).